The number of hydrogen-bond donors (Lipinski definition) is 0. The molecule has 8 nitrogen and oxygen atoms in total. The monoisotopic (exact) mass is 546 g/mol. The van der Waals surface area contributed by atoms with Crippen LogP contribution in [0.5, 0.6) is 23.0 Å². The van der Waals surface area contributed by atoms with Crippen molar-refractivity contribution in [1.29, 1.82) is 0 Å². The van der Waals surface area contributed by atoms with Crippen LogP contribution in [0.2, 0.25) is 0 Å². The molecular formula is C32H34O8. The van der Waals surface area contributed by atoms with Crippen molar-refractivity contribution in [3.05, 3.63) is 83.9 Å². The van der Waals surface area contributed by atoms with Gasteiger partial charge in [-0.1, -0.05) is 0 Å². The van der Waals surface area contributed by atoms with E-state index in [1.165, 1.54) is 0 Å². The molecule has 0 N–H and O–H groups in total. The Morgan fingerprint density at radius 3 is 1.25 bits per heavy atom. The maximum atomic E-state index is 12.5. The van der Waals surface area contributed by atoms with Gasteiger partial charge in [0.2, 0.25) is 0 Å². The standard InChI is InChI=1S/C32H34O8/c33-31(23-7-11-25(12-8-23)35-19-3-1-5-29-21-37-29)39-27-15-17-28(18-16-27)40-32(34)24-9-13-26(14-10-24)36-20-4-2-6-30-22-38-30/h7-18,29-30H,1-6,19-22H2. The van der Waals surface area contributed by atoms with Gasteiger partial charge in [0, 0.05) is 0 Å². The van der Waals surface area contributed by atoms with E-state index < -0.39 is 11.9 Å². The predicted octanol–water partition coefficient (Wildman–Crippen LogP) is 6.02. The summed E-state index contributed by atoms with van der Waals surface area (Å²) in [6.45, 7) is 3.03. The second-order valence-corrected chi connectivity index (χ2v) is 9.90. The molecule has 2 unspecified atom stereocenters. The quantitative estimate of drug-likeness (QED) is 0.0931. The lowest BCUT2D eigenvalue weighted by molar-refractivity contribution is 0.0719. The van der Waals surface area contributed by atoms with E-state index in [1.54, 1.807) is 72.8 Å². The van der Waals surface area contributed by atoms with E-state index in [0.29, 0.717) is 59.5 Å². The molecule has 0 aromatic heterocycles. The number of epoxide rings is 2. The minimum atomic E-state index is -0.486. The van der Waals surface area contributed by atoms with Crippen molar-refractivity contribution in [2.45, 2.75) is 50.7 Å². The first-order valence-corrected chi connectivity index (χ1v) is 13.9. The predicted molar refractivity (Wildman–Crippen MR) is 147 cm³/mol. The average Bonchev–Trinajstić information content (AvgIpc) is 3.91. The van der Waals surface area contributed by atoms with E-state index in [4.69, 9.17) is 28.4 Å². The molecule has 3 aromatic carbocycles. The summed E-state index contributed by atoms with van der Waals surface area (Å²) >= 11 is 0. The minimum absolute atomic E-state index is 0.343. The SMILES string of the molecule is O=C(Oc1ccc(OC(=O)c2ccc(OCCCCC3CO3)cc2)cc1)c1ccc(OCCCCC2CO2)cc1. The lowest BCUT2D eigenvalue weighted by Gasteiger charge is -2.09. The summed E-state index contributed by atoms with van der Waals surface area (Å²) in [6.07, 6.45) is 7.15. The van der Waals surface area contributed by atoms with Gasteiger partial charge in [0.25, 0.3) is 0 Å². The summed E-state index contributed by atoms with van der Waals surface area (Å²) in [5.74, 6) is 1.14. The number of carbonyl (C=O) groups excluding carboxylic acids is 2. The van der Waals surface area contributed by atoms with Crippen LogP contribution in [0.3, 0.4) is 0 Å². The van der Waals surface area contributed by atoms with Crippen LogP contribution in [0.4, 0.5) is 0 Å². The summed E-state index contributed by atoms with van der Waals surface area (Å²) in [5.41, 5.74) is 0.822. The number of unbranched alkanes of at least 4 members (excludes halogenated alkanes) is 2. The summed E-state index contributed by atoms with van der Waals surface area (Å²) < 4.78 is 32.8. The molecule has 5 rings (SSSR count). The van der Waals surface area contributed by atoms with Crippen molar-refractivity contribution in [2.75, 3.05) is 26.4 Å². The van der Waals surface area contributed by atoms with E-state index in [-0.39, 0.29) is 0 Å². The average molecular weight is 547 g/mol. The zero-order valence-electron chi connectivity index (χ0n) is 22.4. The zero-order chi connectivity index (χ0) is 27.6. The smallest absolute Gasteiger partial charge is 0.343 e. The van der Waals surface area contributed by atoms with Crippen molar-refractivity contribution < 1.29 is 38.0 Å². The van der Waals surface area contributed by atoms with Crippen LogP contribution in [0.25, 0.3) is 0 Å². The molecule has 2 saturated heterocycles. The fourth-order valence-corrected chi connectivity index (χ4v) is 4.08. The summed E-state index contributed by atoms with van der Waals surface area (Å²) in [5, 5.41) is 0. The van der Waals surface area contributed by atoms with Gasteiger partial charge in [-0.3, -0.25) is 0 Å². The number of carbonyl (C=O) groups is 2. The third kappa shape index (κ3) is 9.10. The molecule has 2 aliphatic rings. The topological polar surface area (TPSA) is 96.1 Å². The van der Waals surface area contributed by atoms with Crippen LogP contribution >= 0.6 is 0 Å². The van der Waals surface area contributed by atoms with Gasteiger partial charge in [-0.2, -0.15) is 0 Å². The maximum absolute atomic E-state index is 12.5. The number of ether oxygens (including phenoxy) is 6. The van der Waals surface area contributed by atoms with Gasteiger partial charge in [0.15, 0.2) is 0 Å². The van der Waals surface area contributed by atoms with Gasteiger partial charge < -0.3 is 28.4 Å². The Morgan fingerprint density at radius 2 is 0.900 bits per heavy atom. The van der Waals surface area contributed by atoms with Crippen molar-refractivity contribution in [1.82, 2.24) is 0 Å². The molecular weight excluding hydrogens is 512 g/mol. The van der Waals surface area contributed by atoms with Gasteiger partial charge in [0.1, 0.15) is 23.0 Å². The Hall–Kier alpha value is -3.88. The highest BCUT2D eigenvalue weighted by Gasteiger charge is 2.21. The molecule has 40 heavy (non-hydrogen) atoms. The molecule has 2 atom stereocenters. The first-order valence-electron chi connectivity index (χ1n) is 13.9. The van der Waals surface area contributed by atoms with Gasteiger partial charge in [-0.25, -0.2) is 9.59 Å². The first-order chi connectivity index (χ1) is 19.6. The fraction of sp³-hybridized carbons (Fsp3) is 0.375. The second kappa shape index (κ2) is 14.0. The highest BCUT2D eigenvalue weighted by molar-refractivity contribution is 5.92. The molecule has 2 aliphatic heterocycles. The third-order valence-electron chi connectivity index (χ3n) is 6.61. The zero-order valence-corrected chi connectivity index (χ0v) is 22.4. The second-order valence-electron chi connectivity index (χ2n) is 9.90. The van der Waals surface area contributed by atoms with Crippen molar-refractivity contribution in [3.63, 3.8) is 0 Å². The lowest BCUT2D eigenvalue weighted by Crippen LogP contribution is -2.10. The van der Waals surface area contributed by atoms with Gasteiger partial charge in [-0.05, 0) is 111 Å². The summed E-state index contributed by atoms with van der Waals surface area (Å²) in [6, 6.07) is 20.0. The Balaban J connectivity index is 1.02. The Labute approximate surface area is 234 Å². The molecule has 8 heteroatoms. The van der Waals surface area contributed by atoms with Crippen LogP contribution in [0.15, 0.2) is 72.8 Å². The molecule has 0 spiro atoms. The van der Waals surface area contributed by atoms with Crippen LogP contribution < -0.4 is 18.9 Å². The molecule has 2 heterocycles. The number of hydrogen-bond acceptors (Lipinski definition) is 8. The van der Waals surface area contributed by atoms with Crippen LogP contribution in [-0.4, -0.2) is 50.6 Å². The number of benzene rings is 3. The van der Waals surface area contributed by atoms with Gasteiger partial charge in [-0.15, -0.1) is 0 Å². The normalized spacial score (nSPS) is 17.1. The lowest BCUT2D eigenvalue weighted by atomic mass is 10.2. The maximum Gasteiger partial charge on any atom is 0.343 e. The molecule has 2 fully saturated rings. The molecule has 210 valence electrons. The fourth-order valence-electron chi connectivity index (χ4n) is 4.08. The summed E-state index contributed by atoms with van der Waals surface area (Å²) in [7, 11) is 0. The Morgan fingerprint density at radius 1 is 0.550 bits per heavy atom. The van der Waals surface area contributed by atoms with E-state index in [9.17, 15) is 9.59 Å². The molecule has 0 aliphatic carbocycles. The van der Waals surface area contributed by atoms with E-state index in [1.807, 2.05) is 0 Å². The first kappa shape index (κ1) is 27.7. The Bertz CT molecular complexity index is 1130. The van der Waals surface area contributed by atoms with Crippen LogP contribution in [0, 0.1) is 0 Å². The number of rotatable bonds is 16. The molecule has 0 radical (unpaired) electrons. The number of esters is 2. The van der Waals surface area contributed by atoms with Crippen molar-refractivity contribution in [2.24, 2.45) is 0 Å². The summed E-state index contributed by atoms with van der Waals surface area (Å²) in [4.78, 5) is 25.0. The van der Waals surface area contributed by atoms with Crippen LogP contribution in [-0.2, 0) is 9.47 Å². The van der Waals surface area contributed by atoms with Crippen molar-refractivity contribution >= 4 is 11.9 Å². The highest BCUT2D eigenvalue weighted by atomic mass is 16.6. The third-order valence-corrected chi connectivity index (χ3v) is 6.61. The van der Waals surface area contributed by atoms with Gasteiger partial charge in [0.05, 0.1) is 49.8 Å². The molecule has 0 saturated carbocycles. The van der Waals surface area contributed by atoms with E-state index in [2.05, 4.69) is 0 Å². The molecule has 0 amide bonds. The van der Waals surface area contributed by atoms with E-state index in [0.717, 1.165) is 51.7 Å². The minimum Gasteiger partial charge on any atom is -0.494 e. The molecule has 3 aromatic rings. The van der Waals surface area contributed by atoms with E-state index >= 15 is 0 Å². The van der Waals surface area contributed by atoms with Crippen LogP contribution in [0.1, 0.15) is 59.2 Å². The molecule has 0 bridgehead atoms. The highest BCUT2D eigenvalue weighted by Crippen LogP contribution is 2.22. The van der Waals surface area contributed by atoms with Gasteiger partial charge >= 0.3 is 11.9 Å². The van der Waals surface area contributed by atoms with Crippen molar-refractivity contribution in [3.8, 4) is 23.0 Å². The largest absolute Gasteiger partial charge is 0.494 e. The Kier molecular flexibility index (Phi) is 9.66.